The molecule has 0 saturated carbocycles. The molecule has 0 bridgehead atoms. The van der Waals surface area contributed by atoms with Gasteiger partial charge >= 0.3 is 0 Å². The molecule has 90 valence electrons. The average molecular weight is 251 g/mol. The second-order valence-corrected chi connectivity index (χ2v) is 5.06. The zero-order valence-electron chi connectivity index (χ0n) is 9.46. The maximum Gasteiger partial charge on any atom is 0.245 e. The molecule has 3 rings (SSSR count). The summed E-state index contributed by atoms with van der Waals surface area (Å²) in [6, 6.07) is 2.04. The molecule has 0 aliphatic carbocycles. The Morgan fingerprint density at radius 3 is 3.24 bits per heavy atom. The molecule has 1 atom stereocenters. The standard InChI is InChI=1S/C10H13N5OS/c1-15-4-2-7(13-15)9-12-10(16-14-9)8-6-17-5-3-11-8/h2,4,8,11H,3,5-6H2,1H3. The zero-order chi connectivity index (χ0) is 11.7. The number of aromatic nitrogens is 4. The van der Waals surface area contributed by atoms with Crippen LogP contribution >= 0.6 is 11.8 Å². The van der Waals surface area contributed by atoms with Crippen molar-refractivity contribution in [1.82, 2.24) is 25.2 Å². The molecule has 1 saturated heterocycles. The third kappa shape index (κ3) is 2.20. The molecule has 1 N–H and O–H groups in total. The highest BCUT2D eigenvalue weighted by Gasteiger charge is 2.22. The van der Waals surface area contributed by atoms with Crippen LogP contribution in [0.4, 0.5) is 0 Å². The van der Waals surface area contributed by atoms with Crippen LogP contribution in [0.25, 0.3) is 11.5 Å². The molecule has 0 aromatic carbocycles. The Morgan fingerprint density at radius 2 is 2.53 bits per heavy atom. The third-order valence-electron chi connectivity index (χ3n) is 2.60. The highest BCUT2D eigenvalue weighted by molar-refractivity contribution is 7.99. The van der Waals surface area contributed by atoms with Gasteiger partial charge in [-0.15, -0.1) is 0 Å². The van der Waals surface area contributed by atoms with E-state index in [-0.39, 0.29) is 6.04 Å². The Labute approximate surface area is 103 Å². The normalized spacial score (nSPS) is 20.6. The summed E-state index contributed by atoms with van der Waals surface area (Å²) in [4.78, 5) is 4.39. The first kappa shape index (κ1) is 10.8. The average Bonchev–Trinajstić information content (AvgIpc) is 2.98. The molecular formula is C10H13N5OS. The van der Waals surface area contributed by atoms with Gasteiger partial charge < -0.3 is 9.84 Å². The van der Waals surface area contributed by atoms with Gasteiger partial charge in [0, 0.05) is 31.3 Å². The van der Waals surface area contributed by atoms with E-state index >= 15 is 0 Å². The smallest absolute Gasteiger partial charge is 0.245 e. The van der Waals surface area contributed by atoms with Crippen LogP contribution in [0.1, 0.15) is 11.9 Å². The van der Waals surface area contributed by atoms with E-state index < -0.39 is 0 Å². The van der Waals surface area contributed by atoms with Crippen molar-refractivity contribution >= 4 is 11.8 Å². The summed E-state index contributed by atoms with van der Waals surface area (Å²) in [6.45, 7) is 0.983. The van der Waals surface area contributed by atoms with Gasteiger partial charge in [-0.25, -0.2) is 0 Å². The van der Waals surface area contributed by atoms with E-state index in [1.54, 1.807) is 4.68 Å². The first-order chi connectivity index (χ1) is 8.33. The minimum Gasteiger partial charge on any atom is -0.337 e. The molecule has 1 fully saturated rings. The summed E-state index contributed by atoms with van der Waals surface area (Å²) in [6.07, 6.45) is 1.86. The monoisotopic (exact) mass is 251 g/mol. The molecule has 2 aromatic heterocycles. The van der Waals surface area contributed by atoms with Crippen LogP contribution in [-0.4, -0.2) is 38.0 Å². The Bertz CT molecular complexity index is 502. The molecule has 1 unspecified atom stereocenters. The van der Waals surface area contributed by atoms with Crippen LogP contribution in [-0.2, 0) is 7.05 Å². The maximum absolute atomic E-state index is 5.28. The Kier molecular flexibility index (Phi) is 2.86. The fraction of sp³-hybridized carbons (Fsp3) is 0.500. The molecule has 1 aliphatic heterocycles. The summed E-state index contributed by atoms with van der Waals surface area (Å²) in [5, 5.41) is 11.6. The molecule has 17 heavy (non-hydrogen) atoms. The van der Waals surface area contributed by atoms with Crippen LogP contribution < -0.4 is 5.32 Å². The van der Waals surface area contributed by atoms with Gasteiger partial charge in [0.15, 0.2) is 0 Å². The molecule has 1 aliphatic rings. The van der Waals surface area contributed by atoms with E-state index in [2.05, 4.69) is 20.6 Å². The number of aryl methyl sites for hydroxylation is 1. The summed E-state index contributed by atoms with van der Waals surface area (Å²) in [5.41, 5.74) is 0.742. The minimum atomic E-state index is 0.165. The van der Waals surface area contributed by atoms with Crippen molar-refractivity contribution in [2.24, 2.45) is 7.05 Å². The molecule has 2 aromatic rings. The van der Waals surface area contributed by atoms with E-state index in [0.29, 0.717) is 11.7 Å². The molecule has 6 nitrogen and oxygen atoms in total. The summed E-state index contributed by atoms with van der Waals surface area (Å²) in [7, 11) is 1.86. The molecule has 0 spiro atoms. The van der Waals surface area contributed by atoms with Gasteiger partial charge in [-0.05, 0) is 6.07 Å². The Hall–Kier alpha value is -1.34. The number of nitrogens with one attached hydrogen (secondary N) is 1. The second-order valence-electron chi connectivity index (χ2n) is 3.91. The fourth-order valence-corrected chi connectivity index (χ4v) is 2.66. The van der Waals surface area contributed by atoms with Crippen LogP contribution in [0.3, 0.4) is 0 Å². The van der Waals surface area contributed by atoms with Crippen molar-refractivity contribution in [3.8, 4) is 11.5 Å². The lowest BCUT2D eigenvalue weighted by molar-refractivity contribution is 0.342. The molecular weight excluding hydrogens is 238 g/mol. The van der Waals surface area contributed by atoms with Crippen LogP contribution in [0, 0.1) is 0 Å². The van der Waals surface area contributed by atoms with E-state index in [1.165, 1.54) is 0 Å². The summed E-state index contributed by atoms with van der Waals surface area (Å²) < 4.78 is 7.00. The molecule has 3 heterocycles. The number of thioether (sulfide) groups is 1. The molecule has 0 amide bonds. The van der Waals surface area contributed by atoms with Crippen molar-refractivity contribution in [2.75, 3.05) is 18.1 Å². The Balaban J connectivity index is 1.82. The Morgan fingerprint density at radius 1 is 1.59 bits per heavy atom. The summed E-state index contributed by atoms with van der Waals surface area (Å²) in [5.74, 6) is 3.32. The first-order valence-electron chi connectivity index (χ1n) is 5.48. The highest BCUT2D eigenvalue weighted by Crippen LogP contribution is 2.22. The van der Waals surface area contributed by atoms with Gasteiger partial charge in [0.25, 0.3) is 0 Å². The predicted molar refractivity (Wildman–Crippen MR) is 64.6 cm³/mol. The van der Waals surface area contributed by atoms with Crippen LogP contribution in [0.5, 0.6) is 0 Å². The predicted octanol–water partition coefficient (Wildman–Crippen LogP) is 0.848. The summed E-state index contributed by atoms with van der Waals surface area (Å²) >= 11 is 1.90. The van der Waals surface area contributed by atoms with Crippen molar-refractivity contribution in [3.63, 3.8) is 0 Å². The van der Waals surface area contributed by atoms with Crippen molar-refractivity contribution in [3.05, 3.63) is 18.2 Å². The lowest BCUT2D eigenvalue weighted by Gasteiger charge is -2.19. The quantitative estimate of drug-likeness (QED) is 0.853. The zero-order valence-corrected chi connectivity index (χ0v) is 10.3. The maximum atomic E-state index is 5.28. The molecule has 7 heteroatoms. The molecule has 0 radical (unpaired) electrons. The second kappa shape index (κ2) is 4.50. The lowest BCUT2D eigenvalue weighted by Crippen LogP contribution is -2.30. The SMILES string of the molecule is Cn1ccc(-c2noc(C3CSCCN3)n2)n1. The van der Waals surface area contributed by atoms with Gasteiger partial charge in [-0.3, -0.25) is 4.68 Å². The topological polar surface area (TPSA) is 68.8 Å². The lowest BCUT2D eigenvalue weighted by atomic mass is 10.3. The van der Waals surface area contributed by atoms with Crippen molar-refractivity contribution in [2.45, 2.75) is 6.04 Å². The van der Waals surface area contributed by atoms with E-state index in [1.807, 2.05) is 31.1 Å². The van der Waals surface area contributed by atoms with E-state index in [4.69, 9.17) is 4.52 Å². The van der Waals surface area contributed by atoms with Crippen molar-refractivity contribution in [1.29, 1.82) is 0 Å². The van der Waals surface area contributed by atoms with Crippen LogP contribution in [0.2, 0.25) is 0 Å². The van der Waals surface area contributed by atoms with Crippen LogP contribution in [0.15, 0.2) is 16.8 Å². The van der Waals surface area contributed by atoms with E-state index in [9.17, 15) is 0 Å². The minimum absolute atomic E-state index is 0.165. The van der Waals surface area contributed by atoms with Gasteiger partial charge in [-0.2, -0.15) is 21.8 Å². The first-order valence-corrected chi connectivity index (χ1v) is 6.63. The van der Waals surface area contributed by atoms with Gasteiger partial charge in [0.2, 0.25) is 11.7 Å². The number of hydrogen-bond donors (Lipinski definition) is 1. The number of nitrogens with zero attached hydrogens (tertiary/aromatic N) is 4. The largest absolute Gasteiger partial charge is 0.337 e. The van der Waals surface area contributed by atoms with Gasteiger partial charge in [0.05, 0.1) is 6.04 Å². The fourth-order valence-electron chi connectivity index (χ4n) is 1.74. The van der Waals surface area contributed by atoms with Gasteiger partial charge in [-0.1, -0.05) is 5.16 Å². The number of hydrogen-bond acceptors (Lipinski definition) is 6. The van der Waals surface area contributed by atoms with Gasteiger partial charge in [0.1, 0.15) is 5.69 Å². The van der Waals surface area contributed by atoms with Crippen molar-refractivity contribution < 1.29 is 4.52 Å². The number of rotatable bonds is 2. The van der Waals surface area contributed by atoms with E-state index in [0.717, 1.165) is 23.7 Å². The highest BCUT2D eigenvalue weighted by atomic mass is 32.2. The third-order valence-corrected chi connectivity index (χ3v) is 3.67.